The highest BCUT2D eigenvalue weighted by atomic mass is 15.2. The molecular formula is C75H82N2. The maximum Gasteiger partial charge on any atom is 0.0619 e. The molecule has 0 saturated carbocycles. The minimum Gasteiger partial charge on any atom is -0.335 e. The van der Waals surface area contributed by atoms with Gasteiger partial charge in [0.05, 0.1) is 11.4 Å². The Hall–Kier alpha value is -6.90. The fourth-order valence-corrected chi connectivity index (χ4v) is 13.6. The molecule has 0 aliphatic heterocycles. The van der Waals surface area contributed by atoms with Crippen molar-refractivity contribution in [3.63, 3.8) is 0 Å². The van der Waals surface area contributed by atoms with Gasteiger partial charge in [0.2, 0.25) is 0 Å². The third-order valence-electron chi connectivity index (χ3n) is 19.2. The van der Waals surface area contributed by atoms with E-state index in [9.17, 15) is 0 Å². The van der Waals surface area contributed by atoms with E-state index < -0.39 is 0 Å². The van der Waals surface area contributed by atoms with Crippen LogP contribution in [0.2, 0.25) is 0 Å². The number of hydrogen-bond donors (Lipinski definition) is 0. The van der Waals surface area contributed by atoms with Crippen molar-refractivity contribution in [2.45, 2.75) is 162 Å². The minimum absolute atomic E-state index is 0.0872. The summed E-state index contributed by atoms with van der Waals surface area (Å²) < 4.78 is 0. The predicted molar refractivity (Wildman–Crippen MR) is 334 cm³/mol. The summed E-state index contributed by atoms with van der Waals surface area (Å²) >= 11 is 0. The molecule has 2 heteroatoms. The van der Waals surface area contributed by atoms with Crippen LogP contribution in [-0.2, 0) is 23.7 Å². The van der Waals surface area contributed by atoms with Crippen LogP contribution in [-0.4, -0.2) is 5.54 Å². The van der Waals surface area contributed by atoms with Crippen molar-refractivity contribution < 1.29 is 0 Å². The molecule has 9 aromatic carbocycles. The zero-order valence-electron chi connectivity index (χ0n) is 47.6. The zero-order chi connectivity index (χ0) is 53.3. The fraction of sp³-hybridized carbons (Fsp3) is 0.333. The number of unbranched alkanes of at least 4 members (excludes halogenated alkanes) is 4. The number of hydrogen-bond acceptors (Lipinski definition) is 2. The number of rotatable bonds is 21. The molecule has 77 heavy (non-hydrogen) atoms. The van der Waals surface area contributed by atoms with Crippen molar-refractivity contribution >= 4 is 50.0 Å². The average Bonchev–Trinajstić information content (AvgIpc) is 3.84. The van der Waals surface area contributed by atoms with Crippen LogP contribution in [0.3, 0.4) is 0 Å². The highest BCUT2D eigenvalue weighted by molar-refractivity contribution is 6.22. The first-order chi connectivity index (χ1) is 37.6. The van der Waals surface area contributed by atoms with Crippen LogP contribution in [0, 0.1) is 0 Å². The number of benzene rings is 9. The van der Waals surface area contributed by atoms with Crippen LogP contribution in [0.1, 0.15) is 160 Å². The number of anilines is 5. The SMILES string of the molecule is CCCCCC1(CCCCC)c2cc(N(c3ccc(-c4ccccc4-c4ccc5c(c4)CC5)cc3)c3c4ccccc4c(N(c4ccccc4)C(C)(CC)CC)c4ccccc34)ccc2-c2ccc(C(C)(CC)CC)cc21. The Kier molecular flexibility index (Phi) is 14.8. The maximum absolute atomic E-state index is 2.69. The topological polar surface area (TPSA) is 6.48 Å². The van der Waals surface area contributed by atoms with Crippen molar-refractivity contribution in [2.75, 3.05) is 9.80 Å². The van der Waals surface area contributed by atoms with Gasteiger partial charge in [0.15, 0.2) is 0 Å². The van der Waals surface area contributed by atoms with E-state index in [-0.39, 0.29) is 16.4 Å². The van der Waals surface area contributed by atoms with Crippen LogP contribution in [0.25, 0.3) is 54.9 Å². The van der Waals surface area contributed by atoms with Gasteiger partial charge >= 0.3 is 0 Å². The van der Waals surface area contributed by atoms with E-state index in [1.807, 2.05) is 0 Å². The van der Waals surface area contributed by atoms with E-state index in [1.165, 1.54) is 151 Å². The lowest BCUT2D eigenvalue weighted by Gasteiger charge is -2.44. The lowest BCUT2D eigenvalue weighted by Crippen LogP contribution is -2.42. The Bertz CT molecular complexity index is 3470. The molecule has 2 nitrogen and oxygen atoms in total. The van der Waals surface area contributed by atoms with Crippen molar-refractivity contribution in [2.24, 2.45) is 0 Å². The lowest BCUT2D eigenvalue weighted by atomic mass is 9.69. The van der Waals surface area contributed by atoms with Crippen molar-refractivity contribution in [3.8, 4) is 33.4 Å². The summed E-state index contributed by atoms with van der Waals surface area (Å²) in [6.45, 7) is 19.1. The normalized spacial score (nSPS) is 13.6. The first-order valence-corrected chi connectivity index (χ1v) is 29.8. The number of fused-ring (bicyclic) bond motifs is 6. The molecule has 0 aromatic heterocycles. The van der Waals surface area contributed by atoms with Crippen LogP contribution in [0.5, 0.6) is 0 Å². The van der Waals surface area contributed by atoms with Gasteiger partial charge in [0.1, 0.15) is 0 Å². The quantitative estimate of drug-likeness (QED) is 0.0402. The largest absolute Gasteiger partial charge is 0.335 e. The molecule has 2 aliphatic rings. The third kappa shape index (κ3) is 9.18. The molecule has 0 saturated heterocycles. The highest BCUT2D eigenvalue weighted by Crippen LogP contribution is 2.58. The van der Waals surface area contributed by atoms with Crippen LogP contribution < -0.4 is 9.80 Å². The molecule has 0 spiro atoms. The maximum atomic E-state index is 2.69. The second-order valence-corrected chi connectivity index (χ2v) is 23.3. The Morgan fingerprint density at radius 1 is 0.403 bits per heavy atom. The van der Waals surface area contributed by atoms with Gasteiger partial charge in [0.25, 0.3) is 0 Å². The molecular weight excluding hydrogens is 929 g/mol. The van der Waals surface area contributed by atoms with Crippen molar-refractivity contribution in [1.82, 2.24) is 0 Å². The molecule has 0 unspecified atom stereocenters. The first-order valence-electron chi connectivity index (χ1n) is 29.8. The molecule has 0 atom stereocenters. The van der Waals surface area contributed by atoms with E-state index in [0.29, 0.717) is 0 Å². The van der Waals surface area contributed by atoms with E-state index in [4.69, 9.17) is 0 Å². The van der Waals surface area contributed by atoms with Gasteiger partial charge in [-0.05, 0) is 161 Å². The summed E-state index contributed by atoms with van der Waals surface area (Å²) in [6, 6.07) is 70.8. The minimum atomic E-state index is -0.139. The van der Waals surface area contributed by atoms with Gasteiger partial charge in [0, 0.05) is 49.6 Å². The second kappa shape index (κ2) is 21.9. The average molecular weight is 1010 g/mol. The second-order valence-electron chi connectivity index (χ2n) is 23.3. The molecule has 2 aliphatic carbocycles. The van der Waals surface area contributed by atoms with E-state index in [2.05, 4.69) is 247 Å². The summed E-state index contributed by atoms with van der Waals surface area (Å²) in [5.74, 6) is 0. The smallest absolute Gasteiger partial charge is 0.0619 e. The molecule has 0 amide bonds. The van der Waals surface area contributed by atoms with Crippen LogP contribution >= 0.6 is 0 Å². The summed E-state index contributed by atoms with van der Waals surface area (Å²) in [7, 11) is 0. The molecule has 0 fully saturated rings. The molecule has 9 aromatic rings. The number of nitrogens with zero attached hydrogens (tertiary/aromatic N) is 2. The van der Waals surface area contributed by atoms with Crippen LogP contribution in [0.15, 0.2) is 182 Å². The Labute approximate surface area is 462 Å². The van der Waals surface area contributed by atoms with Gasteiger partial charge in [-0.2, -0.15) is 0 Å². The highest BCUT2D eigenvalue weighted by Gasteiger charge is 2.44. The Balaban J connectivity index is 1.18. The Morgan fingerprint density at radius 2 is 0.909 bits per heavy atom. The van der Waals surface area contributed by atoms with E-state index in [0.717, 1.165) is 44.2 Å². The van der Waals surface area contributed by atoms with Gasteiger partial charge in [-0.25, -0.2) is 0 Å². The zero-order valence-corrected chi connectivity index (χ0v) is 47.6. The summed E-state index contributed by atoms with van der Waals surface area (Å²) in [6.07, 6.45) is 16.3. The molecule has 0 radical (unpaired) electrons. The lowest BCUT2D eigenvalue weighted by molar-refractivity contribution is 0.401. The number of aryl methyl sites for hydroxylation is 2. The predicted octanol–water partition coefficient (Wildman–Crippen LogP) is 22.1. The van der Waals surface area contributed by atoms with E-state index >= 15 is 0 Å². The number of para-hydroxylation sites is 1. The molecule has 392 valence electrons. The summed E-state index contributed by atoms with van der Waals surface area (Å²) in [5, 5.41) is 5.01. The standard InChI is InChI=1S/C75H82N2/c1-9-15-26-48-75(49-27-16-10-2)69-51-57(73(7,11-3)12-4)42-46-63(69)64-47-45-60(52-70(64)75)76(58-43-40-54(41-44-58)61-30-20-21-31-62(61)56-39-37-53-36-38-55(53)50-56)71-65-32-22-24-34-67(65)72(68-35-25-23-33-66(68)71)77(74(8,13-5)14-6)59-28-18-17-19-29-59/h17-25,28-35,37,39-47,50-52H,9-16,26-27,36,38,48-49H2,1-8H3. The van der Waals surface area contributed by atoms with Crippen molar-refractivity contribution in [3.05, 3.63) is 210 Å². The summed E-state index contributed by atoms with van der Waals surface area (Å²) in [4.78, 5) is 5.33. The van der Waals surface area contributed by atoms with Crippen molar-refractivity contribution in [1.29, 1.82) is 0 Å². The monoisotopic (exact) mass is 1010 g/mol. The van der Waals surface area contributed by atoms with Gasteiger partial charge in [-0.3, -0.25) is 0 Å². The Morgan fingerprint density at radius 3 is 1.45 bits per heavy atom. The molecule has 0 heterocycles. The first kappa shape index (κ1) is 52.2. The molecule has 0 N–H and O–H groups in total. The van der Waals surface area contributed by atoms with Crippen LogP contribution in [0.4, 0.5) is 28.4 Å². The van der Waals surface area contributed by atoms with Gasteiger partial charge < -0.3 is 9.80 Å². The third-order valence-corrected chi connectivity index (χ3v) is 19.2. The summed E-state index contributed by atoms with van der Waals surface area (Å²) in [5.41, 5.74) is 21.5. The van der Waals surface area contributed by atoms with E-state index in [1.54, 1.807) is 5.56 Å². The molecule has 11 rings (SSSR count). The fourth-order valence-electron chi connectivity index (χ4n) is 13.6. The molecule has 0 bridgehead atoms. The van der Waals surface area contributed by atoms with Gasteiger partial charge in [-0.1, -0.05) is 233 Å². The van der Waals surface area contributed by atoms with Gasteiger partial charge in [-0.15, -0.1) is 0 Å².